The zero-order valence-corrected chi connectivity index (χ0v) is 14.3. The molecule has 1 N–H and O–H groups in total. The van der Waals surface area contributed by atoms with Crippen molar-refractivity contribution >= 4 is 5.91 Å². The first-order chi connectivity index (χ1) is 10.9. The predicted octanol–water partition coefficient (Wildman–Crippen LogP) is 3.56. The summed E-state index contributed by atoms with van der Waals surface area (Å²) in [7, 11) is 0. The van der Waals surface area contributed by atoms with Crippen LogP contribution >= 0.6 is 0 Å². The summed E-state index contributed by atoms with van der Waals surface area (Å²) in [6.45, 7) is 9.29. The maximum absolute atomic E-state index is 12.4. The third-order valence-electron chi connectivity index (χ3n) is 5.18. The Morgan fingerprint density at radius 2 is 1.96 bits per heavy atom. The second-order valence-corrected chi connectivity index (χ2v) is 7.49. The molecule has 4 nitrogen and oxygen atoms in total. The highest BCUT2D eigenvalue weighted by atomic mass is 16.1. The van der Waals surface area contributed by atoms with Gasteiger partial charge in [-0.15, -0.1) is 0 Å². The van der Waals surface area contributed by atoms with Gasteiger partial charge in [-0.1, -0.05) is 44.2 Å². The molecule has 1 aliphatic rings. The lowest BCUT2D eigenvalue weighted by Crippen LogP contribution is -2.34. The van der Waals surface area contributed by atoms with Crippen LogP contribution in [-0.4, -0.2) is 22.2 Å². The minimum atomic E-state index is -0.0464. The minimum absolute atomic E-state index is 0.0396. The number of nitrogens with one attached hydrogen (secondary N) is 1. The van der Waals surface area contributed by atoms with E-state index >= 15 is 0 Å². The van der Waals surface area contributed by atoms with Crippen LogP contribution in [0.15, 0.2) is 42.7 Å². The smallest absolute Gasteiger partial charge is 0.254 e. The molecule has 4 heteroatoms. The quantitative estimate of drug-likeness (QED) is 0.917. The number of benzene rings is 1. The Balaban J connectivity index is 1.72. The molecule has 0 spiro atoms. The molecule has 23 heavy (non-hydrogen) atoms. The fraction of sp³-hybridized carbons (Fsp3) is 0.474. The van der Waals surface area contributed by atoms with E-state index in [1.54, 1.807) is 6.20 Å². The van der Waals surface area contributed by atoms with E-state index in [4.69, 9.17) is 0 Å². The molecule has 1 saturated carbocycles. The molecule has 1 aliphatic carbocycles. The van der Waals surface area contributed by atoms with Gasteiger partial charge < -0.3 is 5.32 Å². The Bertz CT molecular complexity index is 702. The van der Waals surface area contributed by atoms with Crippen molar-refractivity contribution in [2.75, 3.05) is 6.54 Å². The van der Waals surface area contributed by atoms with E-state index in [-0.39, 0.29) is 22.8 Å². The van der Waals surface area contributed by atoms with Crippen molar-refractivity contribution in [2.45, 2.75) is 45.6 Å². The first-order valence-electron chi connectivity index (χ1n) is 8.24. The summed E-state index contributed by atoms with van der Waals surface area (Å²) in [5.41, 5.74) is 2.19. The Kier molecular flexibility index (Phi) is 3.78. The fourth-order valence-corrected chi connectivity index (χ4v) is 3.43. The standard InChI is InChI=1S/C19H25N3O/c1-14(2)22-11-15(10-21-22)17(23)20-13-19(12-18(19,3)4)16-8-6-5-7-9-16/h5-11,14H,12-13H2,1-4H3,(H,20,23)/t19-/m0/s1. The molecule has 1 heterocycles. The number of carbonyl (C=O) groups is 1. The van der Waals surface area contributed by atoms with Gasteiger partial charge in [0.05, 0.1) is 11.8 Å². The average Bonchev–Trinajstić information content (AvgIpc) is 2.90. The van der Waals surface area contributed by atoms with Crippen LogP contribution in [0.2, 0.25) is 0 Å². The number of carbonyl (C=O) groups excluding carboxylic acids is 1. The van der Waals surface area contributed by atoms with E-state index < -0.39 is 0 Å². The molecule has 0 radical (unpaired) electrons. The van der Waals surface area contributed by atoms with Gasteiger partial charge in [0.2, 0.25) is 0 Å². The van der Waals surface area contributed by atoms with Crippen LogP contribution in [0.4, 0.5) is 0 Å². The average molecular weight is 311 g/mol. The van der Waals surface area contributed by atoms with Crippen molar-refractivity contribution in [2.24, 2.45) is 5.41 Å². The molecule has 1 fully saturated rings. The molecular formula is C19H25N3O. The molecule has 1 aromatic carbocycles. The van der Waals surface area contributed by atoms with E-state index in [0.717, 1.165) is 6.42 Å². The minimum Gasteiger partial charge on any atom is -0.351 e. The number of hydrogen-bond donors (Lipinski definition) is 1. The van der Waals surface area contributed by atoms with Gasteiger partial charge in [-0.05, 0) is 31.2 Å². The summed E-state index contributed by atoms with van der Waals surface area (Å²) in [5, 5.41) is 7.36. The van der Waals surface area contributed by atoms with Gasteiger partial charge >= 0.3 is 0 Å². The zero-order valence-electron chi connectivity index (χ0n) is 14.3. The molecule has 2 aromatic rings. The largest absolute Gasteiger partial charge is 0.351 e. The monoisotopic (exact) mass is 311 g/mol. The molecule has 122 valence electrons. The molecule has 0 bridgehead atoms. The lowest BCUT2D eigenvalue weighted by molar-refractivity contribution is 0.0948. The maximum Gasteiger partial charge on any atom is 0.254 e. The van der Waals surface area contributed by atoms with Crippen molar-refractivity contribution in [3.8, 4) is 0 Å². The van der Waals surface area contributed by atoms with Crippen LogP contribution < -0.4 is 5.32 Å². The third-order valence-corrected chi connectivity index (χ3v) is 5.18. The summed E-state index contributed by atoms with van der Waals surface area (Å²) in [4.78, 5) is 12.4. The van der Waals surface area contributed by atoms with Gasteiger partial charge in [0.15, 0.2) is 0 Å². The summed E-state index contributed by atoms with van der Waals surface area (Å²) in [6, 6.07) is 10.8. The van der Waals surface area contributed by atoms with Gasteiger partial charge in [0.25, 0.3) is 5.91 Å². The van der Waals surface area contributed by atoms with Crippen molar-refractivity contribution in [1.82, 2.24) is 15.1 Å². The second kappa shape index (κ2) is 5.52. The molecule has 0 aliphatic heterocycles. The van der Waals surface area contributed by atoms with Gasteiger partial charge in [-0.2, -0.15) is 5.10 Å². The van der Waals surface area contributed by atoms with Gasteiger partial charge in [0, 0.05) is 24.2 Å². The van der Waals surface area contributed by atoms with E-state index in [1.165, 1.54) is 5.56 Å². The summed E-state index contributed by atoms with van der Waals surface area (Å²) < 4.78 is 1.81. The van der Waals surface area contributed by atoms with Crippen molar-refractivity contribution in [3.63, 3.8) is 0 Å². The van der Waals surface area contributed by atoms with Crippen LogP contribution in [0.1, 0.15) is 56.1 Å². The summed E-state index contributed by atoms with van der Waals surface area (Å²) in [5.74, 6) is -0.0464. The third kappa shape index (κ3) is 2.78. The SMILES string of the molecule is CC(C)n1cc(C(=O)NC[C@]2(c3ccccc3)CC2(C)C)cn1. The van der Waals surface area contributed by atoms with Crippen LogP contribution in [0, 0.1) is 5.41 Å². The molecule has 1 atom stereocenters. The van der Waals surface area contributed by atoms with E-state index in [0.29, 0.717) is 12.1 Å². The number of amides is 1. The first-order valence-corrected chi connectivity index (χ1v) is 8.24. The Morgan fingerprint density at radius 1 is 1.30 bits per heavy atom. The Labute approximate surface area is 137 Å². The van der Waals surface area contributed by atoms with Gasteiger partial charge in [-0.25, -0.2) is 0 Å². The van der Waals surface area contributed by atoms with E-state index in [1.807, 2.05) is 30.8 Å². The second-order valence-electron chi connectivity index (χ2n) is 7.49. The van der Waals surface area contributed by atoms with Gasteiger partial charge in [0.1, 0.15) is 0 Å². The number of rotatable bonds is 5. The highest BCUT2D eigenvalue weighted by Gasteiger charge is 2.61. The highest BCUT2D eigenvalue weighted by molar-refractivity contribution is 5.93. The van der Waals surface area contributed by atoms with Gasteiger partial charge in [-0.3, -0.25) is 9.48 Å². The van der Waals surface area contributed by atoms with Crippen molar-refractivity contribution in [1.29, 1.82) is 0 Å². The lowest BCUT2D eigenvalue weighted by atomic mass is 9.88. The lowest BCUT2D eigenvalue weighted by Gasteiger charge is -2.21. The van der Waals surface area contributed by atoms with Crippen LogP contribution in [-0.2, 0) is 5.41 Å². The molecule has 3 rings (SSSR count). The zero-order chi connectivity index (χ0) is 16.7. The van der Waals surface area contributed by atoms with Crippen molar-refractivity contribution in [3.05, 3.63) is 53.9 Å². The van der Waals surface area contributed by atoms with E-state index in [9.17, 15) is 4.79 Å². The Morgan fingerprint density at radius 3 is 2.48 bits per heavy atom. The predicted molar refractivity (Wildman–Crippen MR) is 91.5 cm³/mol. The molecule has 0 saturated heterocycles. The Hall–Kier alpha value is -2.10. The topological polar surface area (TPSA) is 46.9 Å². The number of aromatic nitrogens is 2. The van der Waals surface area contributed by atoms with Crippen LogP contribution in [0.3, 0.4) is 0 Å². The number of nitrogens with zero attached hydrogens (tertiary/aromatic N) is 2. The van der Waals surface area contributed by atoms with E-state index in [2.05, 4.69) is 48.5 Å². The highest BCUT2D eigenvalue weighted by Crippen LogP contribution is 2.63. The first kappa shape index (κ1) is 15.8. The summed E-state index contributed by atoms with van der Waals surface area (Å²) in [6.07, 6.45) is 4.55. The summed E-state index contributed by atoms with van der Waals surface area (Å²) >= 11 is 0. The molecule has 0 unspecified atom stereocenters. The fourth-order valence-electron chi connectivity index (χ4n) is 3.43. The van der Waals surface area contributed by atoms with Crippen LogP contribution in [0.25, 0.3) is 0 Å². The molecular weight excluding hydrogens is 286 g/mol. The maximum atomic E-state index is 12.4. The number of hydrogen-bond acceptors (Lipinski definition) is 2. The molecule has 1 amide bonds. The van der Waals surface area contributed by atoms with Crippen LogP contribution in [0.5, 0.6) is 0 Å². The molecule has 1 aromatic heterocycles. The normalized spacial score (nSPS) is 22.1. The van der Waals surface area contributed by atoms with Crippen molar-refractivity contribution < 1.29 is 4.79 Å².